The molecule has 0 saturated carbocycles. The second kappa shape index (κ2) is 5.72. The highest BCUT2D eigenvalue weighted by molar-refractivity contribution is 7.13. The summed E-state index contributed by atoms with van der Waals surface area (Å²) in [6.45, 7) is 0.449. The number of aromatic nitrogens is 3. The average Bonchev–Trinajstić information content (AvgIpc) is 3.06. The Hall–Kier alpha value is -1.73. The van der Waals surface area contributed by atoms with Gasteiger partial charge in [0.1, 0.15) is 0 Å². The van der Waals surface area contributed by atoms with E-state index in [4.69, 9.17) is 4.74 Å². The van der Waals surface area contributed by atoms with Gasteiger partial charge in [-0.3, -0.25) is 15.2 Å². The molecule has 0 unspecified atom stereocenters. The number of hydrogen-bond donors (Lipinski definition) is 2. The second-order valence-electron chi connectivity index (χ2n) is 4.77. The van der Waals surface area contributed by atoms with E-state index in [1.165, 1.54) is 11.3 Å². The van der Waals surface area contributed by atoms with Crippen molar-refractivity contribution in [1.82, 2.24) is 15.2 Å². The lowest BCUT2D eigenvalue weighted by Gasteiger charge is -2.10. The third-order valence-electron chi connectivity index (χ3n) is 3.34. The van der Waals surface area contributed by atoms with E-state index < -0.39 is 0 Å². The number of nitrogens with zero attached hydrogens (tertiary/aromatic N) is 2. The van der Waals surface area contributed by atoms with Crippen LogP contribution in [-0.4, -0.2) is 28.2 Å². The Morgan fingerprint density at radius 2 is 2.35 bits per heavy atom. The van der Waals surface area contributed by atoms with Crippen LogP contribution in [0.3, 0.4) is 0 Å². The van der Waals surface area contributed by atoms with Crippen molar-refractivity contribution in [2.75, 3.05) is 12.4 Å². The molecule has 1 amide bonds. The summed E-state index contributed by atoms with van der Waals surface area (Å²) >= 11 is 1.39. The SMILES string of the molecule is COCc1csc(NC(=O)c2n[nH]c3c2CCCC3)n1. The van der Waals surface area contributed by atoms with Gasteiger partial charge in [0.05, 0.1) is 12.3 Å². The van der Waals surface area contributed by atoms with Crippen LogP contribution in [-0.2, 0) is 24.2 Å². The number of nitrogens with one attached hydrogen (secondary N) is 2. The number of ether oxygens (including phenoxy) is 1. The molecule has 0 spiro atoms. The van der Waals surface area contributed by atoms with Gasteiger partial charge >= 0.3 is 0 Å². The van der Waals surface area contributed by atoms with Crippen molar-refractivity contribution in [3.05, 3.63) is 28.0 Å². The first kappa shape index (κ1) is 13.3. The summed E-state index contributed by atoms with van der Waals surface area (Å²) in [5.74, 6) is -0.192. The molecule has 2 aromatic rings. The van der Waals surface area contributed by atoms with Gasteiger partial charge in [-0.15, -0.1) is 11.3 Å². The molecule has 1 aliphatic carbocycles. The van der Waals surface area contributed by atoms with E-state index in [0.29, 0.717) is 17.4 Å². The topological polar surface area (TPSA) is 79.9 Å². The predicted octanol–water partition coefficient (Wildman–Crippen LogP) is 2.14. The van der Waals surface area contributed by atoms with Crippen LogP contribution in [0, 0.1) is 0 Å². The maximum atomic E-state index is 12.3. The van der Waals surface area contributed by atoms with Gasteiger partial charge < -0.3 is 4.74 Å². The minimum atomic E-state index is -0.192. The quantitative estimate of drug-likeness (QED) is 0.905. The monoisotopic (exact) mass is 292 g/mol. The van der Waals surface area contributed by atoms with E-state index in [2.05, 4.69) is 20.5 Å². The third kappa shape index (κ3) is 2.59. The summed E-state index contributed by atoms with van der Waals surface area (Å²) in [7, 11) is 1.62. The van der Waals surface area contributed by atoms with Crippen molar-refractivity contribution in [1.29, 1.82) is 0 Å². The molecule has 1 aliphatic rings. The summed E-state index contributed by atoms with van der Waals surface area (Å²) < 4.78 is 5.01. The number of anilines is 1. The van der Waals surface area contributed by atoms with Crippen LogP contribution in [0.5, 0.6) is 0 Å². The number of rotatable bonds is 4. The first-order valence-corrected chi connectivity index (χ1v) is 7.46. The number of aromatic amines is 1. The lowest BCUT2D eigenvalue weighted by Crippen LogP contribution is -2.15. The molecule has 2 heterocycles. The predicted molar refractivity (Wildman–Crippen MR) is 76.0 cm³/mol. The number of hydrogen-bond acceptors (Lipinski definition) is 5. The Morgan fingerprint density at radius 3 is 3.20 bits per heavy atom. The molecule has 2 N–H and O–H groups in total. The van der Waals surface area contributed by atoms with Gasteiger partial charge in [0.25, 0.3) is 5.91 Å². The first-order valence-electron chi connectivity index (χ1n) is 6.58. The van der Waals surface area contributed by atoms with Gasteiger partial charge in [0, 0.05) is 23.7 Å². The Kier molecular flexibility index (Phi) is 3.79. The normalized spacial score (nSPS) is 14.1. The number of fused-ring (bicyclic) bond motifs is 1. The third-order valence-corrected chi connectivity index (χ3v) is 4.14. The van der Waals surface area contributed by atoms with Crippen LogP contribution in [0.1, 0.15) is 40.3 Å². The molecule has 3 rings (SSSR count). The van der Waals surface area contributed by atoms with E-state index in [1.807, 2.05) is 5.38 Å². The Morgan fingerprint density at radius 1 is 1.50 bits per heavy atom. The smallest absolute Gasteiger partial charge is 0.278 e. The van der Waals surface area contributed by atoms with Crippen LogP contribution >= 0.6 is 11.3 Å². The molecule has 0 radical (unpaired) electrons. The molecule has 106 valence electrons. The van der Waals surface area contributed by atoms with Gasteiger partial charge in [-0.1, -0.05) is 0 Å². The number of methoxy groups -OCH3 is 1. The Bertz CT molecular complexity index is 620. The molecule has 0 saturated heterocycles. The lowest BCUT2D eigenvalue weighted by molar-refractivity contribution is 0.102. The molecule has 0 atom stereocenters. The van der Waals surface area contributed by atoms with Gasteiger partial charge in [-0.2, -0.15) is 5.10 Å². The van der Waals surface area contributed by atoms with Crippen molar-refractivity contribution < 1.29 is 9.53 Å². The second-order valence-corrected chi connectivity index (χ2v) is 5.63. The number of amides is 1. The molecular weight excluding hydrogens is 276 g/mol. The zero-order valence-corrected chi connectivity index (χ0v) is 12.0. The van der Waals surface area contributed by atoms with Crippen LogP contribution in [0.15, 0.2) is 5.38 Å². The van der Waals surface area contributed by atoms with Crippen LogP contribution < -0.4 is 5.32 Å². The summed E-state index contributed by atoms with van der Waals surface area (Å²) in [5.41, 5.74) is 3.48. The zero-order valence-electron chi connectivity index (χ0n) is 11.2. The molecular formula is C13H16N4O2S. The van der Waals surface area contributed by atoms with Gasteiger partial charge in [0.2, 0.25) is 0 Å². The Balaban J connectivity index is 1.74. The highest BCUT2D eigenvalue weighted by atomic mass is 32.1. The zero-order chi connectivity index (χ0) is 13.9. The number of carbonyl (C=O) groups is 1. The number of aryl methyl sites for hydroxylation is 1. The first-order chi connectivity index (χ1) is 9.78. The average molecular weight is 292 g/mol. The summed E-state index contributed by atoms with van der Waals surface area (Å²) in [6.07, 6.45) is 4.16. The van der Waals surface area contributed by atoms with Gasteiger partial charge in [-0.25, -0.2) is 4.98 Å². The number of H-pyrrole nitrogens is 1. The van der Waals surface area contributed by atoms with E-state index in [1.54, 1.807) is 7.11 Å². The van der Waals surface area contributed by atoms with Crippen molar-refractivity contribution in [2.24, 2.45) is 0 Å². The standard InChI is InChI=1S/C13H16N4O2S/c1-19-6-8-7-20-13(14-8)15-12(18)11-9-4-2-3-5-10(9)16-17-11/h7H,2-6H2,1H3,(H,16,17)(H,14,15,18). The Labute approximate surface area is 120 Å². The number of carbonyl (C=O) groups excluding carboxylic acids is 1. The van der Waals surface area contributed by atoms with Crippen LogP contribution in [0.2, 0.25) is 0 Å². The highest BCUT2D eigenvalue weighted by Crippen LogP contribution is 2.23. The van der Waals surface area contributed by atoms with Crippen molar-refractivity contribution >= 4 is 22.4 Å². The van der Waals surface area contributed by atoms with E-state index in [0.717, 1.165) is 42.6 Å². The molecule has 7 heteroatoms. The minimum absolute atomic E-state index is 0.192. The van der Waals surface area contributed by atoms with Crippen LogP contribution in [0.4, 0.5) is 5.13 Å². The lowest BCUT2D eigenvalue weighted by atomic mass is 9.96. The van der Waals surface area contributed by atoms with Gasteiger partial charge in [-0.05, 0) is 25.7 Å². The summed E-state index contributed by atoms with van der Waals surface area (Å²) in [5, 5.41) is 12.4. The largest absolute Gasteiger partial charge is 0.378 e. The summed E-state index contributed by atoms with van der Waals surface area (Å²) in [4.78, 5) is 16.5. The fraction of sp³-hybridized carbons (Fsp3) is 0.462. The maximum absolute atomic E-state index is 12.3. The fourth-order valence-electron chi connectivity index (χ4n) is 2.40. The van der Waals surface area contributed by atoms with Crippen molar-refractivity contribution in [2.45, 2.75) is 32.3 Å². The molecule has 6 nitrogen and oxygen atoms in total. The molecule has 0 aliphatic heterocycles. The van der Waals surface area contributed by atoms with Crippen molar-refractivity contribution in [3.63, 3.8) is 0 Å². The van der Waals surface area contributed by atoms with E-state index in [-0.39, 0.29) is 5.91 Å². The summed E-state index contributed by atoms with van der Waals surface area (Å²) in [6, 6.07) is 0. The molecule has 0 fully saturated rings. The van der Waals surface area contributed by atoms with E-state index >= 15 is 0 Å². The highest BCUT2D eigenvalue weighted by Gasteiger charge is 2.22. The van der Waals surface area contributed by atoms with Gasteiger partial charge in [0.15, 0.2) is 10.8 Å². The minimum Gasteiger partial charge on any atom is -0.378 e. The fourth-order valence-corrected chi connectivity index (χ4v) is 3.09. The molecule has 0 aromatic carbocycles. The molecule has 20 heavy (non-hydrogen) atoms. The molecule has 2 aromatic heterocycles. The molecule has 0 bridgehead atoms. The van der Waals surface area contributed by atoms with Crippen molar-refractivity contribution in [3.8, 4) is 0 Å². The number of thiazole rings is 1. The maximum Gasteiger partial charge on any atom is 0.278 e. The van der Waals surface area contributed by atoms with E-state index in [9.17, 15) is 4.79 Å². The van der Waals surface area contributed by atoms with Crippen LogP contribution in [0.25, 0.3) is 0 Å².